The standard InChI is InChI=1S/C19H16ClN3O2/c1-12-10-14(20)6-7-15(12)22-17(24)19(8-9-19)18(25)23-16-5-3-2-4-13(16)11-21/h2-7,10H,8-9H2,1H3,(H,22,24)(H,23,25). The molecule has 6 heteroatoms. The summed E-state index contributed by atoms with van der Waals surface area (Å²) in [5.41, 5.74) is 1.14. The Labute approximate surface area is 150 Å². The highest BCUT2D eigenvalue weighted by Gasteiger charge is 2.56. The number of para-hydroxylation sites is 1. The van der Waals surface area contributed by atoms with Crippen LogP contribution in [-0.4, -0.2) is 11.8 Å². The number of anilines is 2. The van der Waals surface area contributed by atoms with Crippen molar-refractivity contribution in [3.8, 4) is 6.07 Å². The lowest BCUT2D eigenvalue weighted by Crippen LogP contribution is -2.36. The Bertz CT molecular complexity index is 898. The largest absolute Gasteiger partial charge is 0.325 e. The molecular weight excluding hydrogens is 338 g/mol. The number of carbonyl (C=O) groups excluding carboxylic acids is 2. The fourth-order valence-corrected chi connectivity index (χ4v) is 2.85. The molecule has 0 aromatic heterocycles. The van der Waals surface area contributed by atoms with Crippen molar-refractivity contribution in [2.75, 3.05) is 10.6 Å². The first-order valence-corrected chi connectivity index (χ1v) is 8.22. The maximum Gasteiger partial charge on any atom is 0.240 e. The predicted molar refractivity (Wildman–Crippen MR) is 96.3 cm³/mol. The zero-order chi connectivity index (χ0) is 18.0. The normalized spacial score (nSPS) is 14.3. The second kappa shape index (κ2) is 6.58. The third-order valence-electron chi connectivity index (χ3n) is 4.35. The summed E-state index contributed by atoms with van der Waals surface area (Å²) in [6, 6.07) is 13.9. The van der Waals surface area contributed by atoms with Gasteiger partial charge in [-0.1, -0.05) is 23.7 Å². The van der Waals surface area contributed by atoms with Crippen LogP contribution in [0.15, 0.2) is 42.5 Å². The summed E-state index contributed by atoms with van der Waals surface area (Å²) in [6.07, 6.45) is 0.956. The molecule has 2 N–H and O–H groups in total. The van der Waals surface area contributed by atoms with Crippen molar-refractivity contribution in [2.45, 2.75) is 19.8 Å². The Morgan fingerprint density at radius 1 is 1.08 bits per heavy atom. The summed E-state index contributed by atoms with van der Waals surface area (Å²) in [6.45, 7) is 1.84. The van der Waals surface area contributed by atoms with E-state index in [1.165, 1.54) is 0 Å². The minimum Gasteiger partial charge on any atom is -0.325 e. The third kappa shape index (κ3) is 3.35. The van der Waals surface area contributed by atoms with Gasteiger partial charge in [0.15, 0.2) is 0 Å². The molecule has 0 heterocycles. The fraction of sp³-hybridized carbons (Fsp3) is 0.211. The number of nitrogens with zero attached hydrogens (tertiary/aromatic N) is 1. The fourth-order valence-electron chi connectivity index (χ4n) is 2.62. The van der Waals surface area contributed by atoms with Crippen molar-refractivity contribution in [1.82, 2.24) is 0 Å². The van der Waals surface area contributed by atoms with Crippen LogP contribution in [0.4, 0.5) is 11.4 Å². The van der Waals surface area contributed by atoms with E-state index in [-0.39, 0.29) is 11.8 Å². The lowest BCUT2D eigenvalue weighted by Gasteiger charge is -2.17. The molecule has 0 saturated heterocycles. The Balaban J connectivity index is 1.76. The van der Waals surface area contributed by atoms with Gasteiger partial charge in [0.25, 0.3) is 0 Å². The van der Waals surface area contributed by atoms with Crippen molar-refractivity contribution < 1.29 is 9.59 Å². The molecule has 25 heavy (non-hydrogen) atoms. The number of benzene rings is 2. The molecule has 126 valence electrons. The van der Waals surface area contributed by atoms with Gasteiger partial charge in [0.2, 0.25) is 11.8 Å². The van der Waals surface area contributed by atoms with Crippen LogP contribution < -0.4 is 10.6 Å². The molecule has 0 bridgehead atoms. The van der Waals surface area contributed by atoms with E-state index in [0.717, 1.165) is 5.56 Å². The van der Waals surface area contributed by atoms with Crippen LogP contribution in [0.25, 0.3) is 0 Å². The number of amides is 2. The maximum atomic E-state index is 12.7. The maximum absolute atomic E-state index is 12.7. The quantitative estimate of drug-likeness (QED) is 0.818. The van der Waals surface area contributed by atoms with E-state index in [2.05, 4.69) is 10.6 Å². The summed E-state index contributed by atoms with van der Waals surface area (Å²) in [4.78, 5) is 25.3. The molecule has 0 spiro atoms. The SMILES string of the molecule is Cc1cc(Cl)ccc1NC(=O)C1(C(=O)Nc2ccccc2C#N)CC1. The van der Waals surface area contributed by atoms with E-state index >= 15 is 0 Å². The molecule has 1 aliphatic rings. The molecule has 0 aliphatic heterocycles. The lowest BCUT2D eigenvalue weighted by molar-refractivity contribution is -0.131. The minimum atomic E-state index is -1.09. The highest BCUT2D eigenvalue weighted by Crippen LogP contribution is 2.47. The van der Waals surface area contributed by atoms with Gasteiger partial charge >= 0.3 is 0 Å². The molecule has 1 aliphatic carbocycles. The molecule has 5 nitrogen and oxygen atoms in total. The highest BCUT2D eigenvalue weighted by molar-refractivity contribution is 6.30. The van der Waals surface area contributed by atoms with E-state index < -0.39 is 5.41 Å². The van der Waals surface area contributed by atoms with E-state index in [1.54, 1.807) is 42.5 Å². The van der Waals surface area contributed by atoms with Gasteiger partial charge < -0.3 is 10.6 Å². The van der Waals surface area contributed by atoms with Crippen molar-refractivity contribution in [3.05, 3.63) is 58.6 Å². The average Bonchev–Trinajstić information content (AvgIpc) is 3.40. The summed E-state index contributed by atoms with van der Waals surface area (Å²) < 4.78 is 0. The smallest absolute Gasteiger partial charge is 0.240 e. The van der Waals surface area contributed by atoms with E-state index in [1.807, 2.05) is 13.0 Å². The second-order valence-electron chi connectivity index (χ2n) is 6.11. The first-order valence-electron chi connectivity index (χ1n) is 7.84. The van der Waals surface area contributed by atoms with Gasteiger partial charge in [-0.3, -0.25) is 9.59 Å². The minimum absolute atomic E-state index is 0.343. The van der Waals surface area contributed by atoms with Gasteiger partial charge in [-0.2, -0.15) is 5.26 Å². The lowest BCUT2D eigenvalue weighted by atomic mass is 10.0. The number of hydrogen-bond acceptors (Lipinski definition) is 3. The van der Waals surface area contributed by atoms with Crippen LogP contribution in [0.5, 0.6) is 0 Å². The number of carbonyl (C=O) groups is 2. The van der Waals surface area contributed by atoms with Crippen LogP contribution in [0, 0.1) is 23.7 Å². The van der Waals surface area contributed by atoms with Gasteiger partial charge in [-0.25, -0.2) is 0 Å². The molecule has 0 unspecified atom stereocenters. The first kappa shape index (κ1) is 17.0. The number of halogens is 1. The first-order chi connectivity index (χ1) is 12.0. The topological polar surface area (TPSA) is 82.0 Å². The molecule has 2 aromatic carbocycles. The third-order valence-corrected chi connectivity index (χ3v) is 4.59. The second-order valence-corrected chi connectivity index (χ2v) is 6.54. The van der Waals surface area contributed by atoms with Crippen LogP contribution in [-0.2, 0) is 9.59 Å². The molecule has 1 saturated carbocycles. The van der Waals surface area contributed by atoms with Gasteiger partial charge in [0.05, 0.1) is 11.3 Å². The van der Waals surface area contributed by atoms with Crippen molar-refractivity contribution in [1.29, 1.82) is 5.26 Å². The number of hydrogen-bond donors (Lipinski definition) is 2. The zero-order valence-electron chi connectivity index (χ0n) is 13.6. The van der Waals surface area contributed by atoms with Crippen molar-refractivity contribution in [3.63, 3.8) is 0 Å². The van der Waals surface area contributed by atoms with Crippen LogP contribution in [0.1, 0.15) is 24.0 Å². The monoisotopic (exact) mass is 353 g/mol. The van der Waals surface area contributed by atoms with E-state index in [4.69, 9.17) is 16.9 Å². The van der Waals surface area contributed by atoms with Crippen LogP contribution in [0.3, 0.4) is 0 Å². The van der Waals surface area contributed by atoms with E-state index in [0.29, 0.717) is 34.8 Å². The number of rotatable bonds is 4. The molecule has 0 atom stereocenters. The average molecular weight is 354 g/mol. The number of aryl methyl sites for hydroxylation is 1. The summed E-state index contributed by atoms with van der Waals surface area (Å²) in [5.74, 6) is -0.732. The summed E-state index contributed by atoms with van der Waals surface area (Å²) in [5, 5.41) is 15.2. The molecule has 3 rings (SSSR count). The Kier molecular flexibility index (Phi) is 4.47. The Morgan fingerprint density at radius 3 is 2.32 bits per heavy atom. The molecule has 0 radical (unpaired) electrons. The predicted octanol–water partition coefficient (Wildman–Crippen LogP) is 3.88. The zero-order valence-corrected chi connectivity index (χ0v) is 14.4. The molecule has 2 amide bonds. The molecule has 2 aromatic rings. The summed E-state index contributed by atoms with van der Waals surface area (Å²) in [7, 11) is 0. The van der Waals surface area contributed by atoms with Crippen LogP contribution >= 0.6 is 11.6 Å². The highest BCUT2D eigenvalue weighted by atomic mass is 35.5. The van der Waals surface area contributed by atoms with Gasteiger partial charge in [0.1, 0.15) is 11.5 Å². The van der Waals surface area contributed by atoms with Crippen molar-refractivity contribution >= 4 is 34.8 Å². The van der Waals surface area contributed by atoms with Crippen LogP contribution in [0.2, 0.25) is 5.02 Å². The number of nitriles is 1. The number of nitrogens with one attached hydrogen (secondary N) is 2. The van der Waals surface area contributed by atoms with E-state index in [9.17, 15) is 9.59 Å². The Morgan fingerprint density at radius 2 is 1.72 bits per heavy atom. The Hall–Kier alpha value is -2.84. The van der Waals surface area contributed by atoms with Gasteiger partial charge in [-0.05, 0) is 55.7 Å². The van der Waals surface area contributed by atoms with Crippen molar-refractivity contribution in [2.24, 2.45) is 5.41 Å². The van der Waals surface area contributed by atoms with Gasteiger partial charge in [-0.15, -0.1) is 0 Å². The molecular formula is C19H16ClN3O2. The summed E-state index contributed by atoms with van der Waals surface area (Å²) >= 11 is 5.92. The van der Waals surface area contributed by atoms with Gasteiger partial charge in [0, 0.05) is 10.7 Å². The molecule has 1 fully saturated rings.